The topological polar surface area (TPSA) is 46.9 Å². The fraction of sp³-hybridized carbons (Fsp3) is 0.600. The van der Waals surface area contributed by atoms with Crippen molar-refractivity contribution in [1.82, 2.24) is 15.1 Å². The van der Waals surface area contributed by atoms with Crippen LogP contribution in [0.3, 0.4) is 0 Å². The Morgan fingerprint density at radius 3 is 2.80 bits per heavy atom. The van der Waals surface area contributed by atoms with E-state index < -0.39 is 0 Å². The summed E-state index contributed by atoms with van der Waals surface area (Å²) in [7, 11) is 0. The second-order valence-corrected chi connectivity index (χ2v) is 4.58. The van der Waals surface area contributed by atoms with Crippen LogP contribution in [0.1, 0.15) is 36.2 Å². The second-order valence-electron chi connectivity index (χ2n) is 3.83. The third-order valence-electron chi connectivity index (χ3n) is 2.77. The lowest BCUT2D eigenvalue weighted by atomic mass is 10.1. The van der Waals surface area contributed by atoms with Crippen LogP contribution in [0, 0.1) is 0 Å². The molecular weight excluding hydrogens is 258 g/mol. The minimum absolute atomic E-state index is 0.0575. The van der Waals surface area contributed by atoms with Crippen LogP contribution < -0.4 is 5.32 Å². The zero-order valence-corrected chi connectivity index (χ0v) is 10.2. The van der Waals surface area contributed by atoms with Gasteiger partial charge in [0, 0.05) is 0 Å². The van der Waals surface area contributed by atoms with E-state index in [2.05, 4.69) is 26.3 Å². The number of ketones is 1. The number of nitrogens with zero attached hydrogens (tertiary/aromatic N) is 2. The monoisotopic (exact) mass is 271 g/mol. The molecule has 1 aromatic heterocycles. The van der Waals surface area contributed by atoms with Crippen molar-refractivity contribution in [3.05, 3.63) is 16.4 Å². The van der Waals surface area contributed by atoms with E-state index in [-0.39, 0.29) is 5.78 Å². The Kier molecular flexibility index (Phi) is 3.21. The van der Waals surface area contributed by atoms with Crippen molar-refractivity contribution in [3.8, 4) is 0 Å². The minimum atomic E-state index is 0.0575. The van der Waals surface area contributed by atoms with Crippen LogP contribution in [-0.2, 0) is 0 Å². The molecule has 0 unspecified atom stereocenters. The molecule has 0 bridgehead atoms. The van der Waals surface area contributed by atoms with Crippen LogP contribution in [0.5, 0.6) is 0 Å². The first-order valence-electron chi connectivity index (χ1n) is 5.15. The van der Waals surface area contributed by atoms with Gasteiger partial charge in [0.1, 0.15) is 4.60 Å². The van der Waals surface area contributed by atoms with Gasteiger partial charge in [-0.15, -0.1) is 0 Å². The molecular formula is C10H14BrN3O. The van der Waals surface area contributed by atoms with E-state index in [0.29, 0.717) is 11.6 Å². The van der Waals surface area contributed by atoms with E-state index in [0.717, 1.165) is 30.5 Å². The number of carbonyl (C=O) groups is 1. The Morgan fingerprint density at radius 2 is 2.27 bits per heavy atom. The SMILES string of the molecule is CC(=O)c1cnn(C2CCNCC2)c1Br. The number of piperidine rings is 1. The zero-order valence-electron chi connectivity index (χ0n) is 8.66. The molecule has 0 amide bonds. The Balaban J connectivity index is 2.24. The highest BCUT2D eigenvalue weighted by atomic mass is 79.9. The molecule has 4 nitrogen and oxygen atoms in total. The first-order chi connectivity index (χ1) is 7.20. The summed E-state index contributed by atoms with van der Waals surface area (Å²) in [6, 6.07) is 0.411. The summed E-state index contributed by atoms with van der Waals surface area (Å²) in [4.78, 5) is 11.3. The maximum absolute atomic E-state index is 11.3. The lowest BCUT2D eigenvalue weighted by Gasteiger charge is -2.23. The van der Waals surface area contributed by atoms with E-state index >= 15 is 0 Å². The Hall–Kier alpha value is -0.680. The smallest absolute Gasteiger partial charge is 0.164 e. The van der Waals surface area contributed by atoms with Crippen molar-refractivity contribution in [1.29, 1.82) is 0 Å². The summed E-state index contributed by atoms with van der Waals surface area (Å²) in [5.41, 5.74) is 0.675. The molecule has 1 aliphatic rings. The predicted octanol–water partition coefficient (Wildman–Crippen LogP) is 1.77. The van der Waals surface area contributed by atoms with Gasteiger partial charge in [0.25, 0.3) is 0 Å². The molecule has 1 aromatic rings. The largest absolute Gasteiger partial charge is 0.317 e. The van der Waals surface area contributed by atoms with Gasteiger partial charge in [-0.3, -0.25) is 9.48 Å². The molecule has 0 radical (unpaired) electrons. The van der Waals surface area contributed by atoms with E-state index in [1.54, 1.807) is 13.1 Å². The average molecular weight is 272 g/mol. The van der Waals surface area contributed by atoms with Crippen LogP contribution in [0.15, 0.2) is 10.8 Å². The number of hydrogen-bond acceptors (Lipinski definition) is 3. The number of hydrogen-bond donors (Lipinski definition) is 1. The summed E-state index contributed by atoms with van der Waals surface area (Å²) in [5.74, 6) is 0.0575. The number of rotatable bonds is 2. The van der Waals surface area contributed by atoms with E-state index in [4.69, 9.17) is 0 Å². The molecule has 2 heterocycles. The molecule has 2 rings (SSSR count). The maximum Gasteiger partial charge on any atom is 0.164 e. The van der Waals surface area contributed by atoms with Crippen LogP contribution in [-0.4, -0.2) is 28.7 Å². The molecule has 82 valence electrons. The molecule has 1 aliphatic heterocycles. The normalized spacial score (nSPS) is 18.0. The van der Waals surface area contributed by atoms with Gasteiger partial charge in [-0.25, -0.2) is 0 Å². The van der Waals surface area contributed by atoms with Crippen LogP contribution in [0.2, 0.25) is 0 Å². The fourth-order valence-electron chi connectivity index (χ4n) is 1.89. The van der Waals surface area contributed by atoms with Gasteiger partial charge in [0.05, 0.1) is 17.8 Å². The Morgan fingerprint density at radius 1 is 1.60 bits per heavy atom. The number of nitrogens with one attached hydrogen (secondary N) is 1. The van der Waals surface area contributed by atoms with Crippen molar-refractivity contribution in [2.75, 3.05) is 13.1 Å². The van der Waals surface area contributed by atoms with Crippen molar-refractivity contribution < 1.29 is 4.79 Å². The van der Waals surface area contributed by atoms with Gasteiger partial charge in [0.2, 0.25) is 0 Å². The molecule has 0 aromatic carbocycles. The minimum Gasteiger partial charge on any atom is -0.317 e. The number of Topliss-reactive ketones (excluding diaryl/α,β-unsaturated/α-hetero) is 1. The molecule has 15 heavy (non-hydrogen) atoms. The van der Waals surface area contributed by atoms with Crippen molar-refractivity contribution >= 4 is 21.7 Å². The fourth-order valence-corrected chi connectivity index (χ4v) is 2.65. The van der Waals surface area contributed by atoms with E-state index in [9.17, 15) is 4.79 Å². The van der Waals surface area contributed by atoms with Gasteiger partial charge < -0.3 is 5.32 Å². The highest BCUT2D eigenvalue weighted by Gasteiger charge is 2.20. The van der Waals surface area contributed by atoms with E-state index in [1.807, 2.05) is 4.68 Å². The molecule has 0 aliphatic carbocycles. The first kappa shape index (κ1) is 10.8. The van der Waals surface area contributed by atoms with Gasteiger partial charge >= 0.3 is 0 Å². The standard InChI is InChI=1S/C10H14BrN3O/c1-7(15)9-6-13-14(10(9)11)8-2-4-12-5-3-8/h6,8,12H,2-5H2,1H3. The quantitative estimate of drug-likeness (QED) is 0.835. The number of halogens is 1. The van der Waals surface area contributed by atoms with Gasteiger partial charge in [-0.2, -0.15) is 5.10 Å². The lowest BCUT2D eigenvalue weighted by molar-refractivity contribution is 0.101. The van der Waals surface area contributed by atoms with Gasteiger partial charge in [-0.1, -0.05) is 0 Å². The van der Waals surface area contributed by atoms with Crippen molar-refractivity contribution in [3.63, 3.8) is 0 Å². The van der Waals surface area contributed by atoms with Crippen LogP contribution in [0.4, 0.5) is 0 Å². The first-order valence-corrected chi connectivity index (χ1v) is 5.94. The average Bonchev–Trinajstić information content (AvgIpc) is 2.61. The summed E-state index contributed by atoms with van der Waals surface area (Å²) in [6.07, 6.45) is 3.78. The summed E-state index contributed by atoms with van der Waals surface area (Å²) < 4.78 is 2.75. The highest BCUT2D eigenvalue weighted by molar-refractivity contribution is 9.10. The molecule has 1 fully saturated rings. The number of carbonyl (C=O) groups excluding carboxylic acids is 1. The molecule has 1 saturated heterocycles. The molecule has 5 heteroatoms. The summed E-state index contributed by atoms with van der Waals surface area (Å²) in [5, 5.41) is 7.59. The van der Waals surface area contributed by atoms with E-state index in [1.165, 1.54) is 0 Å². The third kappa shape index (κ3) is 2.13. The van der Waals surface area contributed by atoms with Gasteiger partial charge in [0.15, 0.2) is 5.78 Å². The Labute approximate surface area is 97.2 Å². The third-order valence-corrected chi connectivity index (χ3v) is 3.56. The maximum atomic E-state index is 11.3. The number of aromatic nitrogens is 2. The van der Waals surface area contributed by atoms with Crippen molar-refractivity contribution in [2.45, 2.75) is 25.8 Å². The summed E-state index contributed by atoms with van der Waals surface area (Å²) >= 11 is 3.45. The highest BCUT2D eigenvalue weighted by Crippen LogP contribution is 2.25. The van der Waals surface area contributed by atoms with Crippen molar-refractivity contribution in [2.24, 2.45) is 0 Å². The molecule has 0 spiro atoms. The summed E-state index contributed by atoms with van der Waals surface area (Å²) in [6.45, 7) is 3.60. The molecule has 0 saturated carbocycles. The molecule has 0 atom stereocenters. The lowest BCUT2D eigenvalue weighted by Crippen LogP contribution is -2.30. The molecule has 1 N–H and O–H groups in total. The van der Waals surface area contributed by atoms with Crippen LogP contribution >= 0.6 is 15.9 Å². The zero-order chi connectivity index (χ0) is 10.8. The Bertz CT molecular complexity index is 369. The van der Waals surface area contributed by atoms with Gasteiger partial charge in [-0.05, 0) is 48.8 Å². The van der Waals surface area contributed by atoms with Crippen LogP contribution in [0.25, 0.3) is 0 Å². The predicted molar refractivity (Wildman–Crippen MR) is 61.1 cm³/mol. The second kappa shape index (κ2) is 4.45.